The third-order valence-electron chi connectivity index (χ3n) is 3.71. The van der Waals surface area contributed by atoms with Gasteiger partial charge in [-0.25, -0.2) is 9.59 Å². The Bertz CT molecular complexity index is 859. The molecule has 7 nitrogen and oxygen atoms in total. The number of phenols is 1. The van der Waals surface area contributed by atoms with Gasteiger partial charge in [0.15, 0.2) is 6.61 Å². The van der Waals surface area contributed by atoms with E-state index in [1.54, 1.807) is 32.0 Å². The number of carbonyl (C=O) groups is 3. The van der Waals surface area contributed by atoms with Crippen molar-refractivity contribution in [1.29, 1.82) is 0 Å². The molecule has 2 aromatic carbocycles. The molecule has 0 bridgehead atoms. The first-order valence-corrected chi connectivity index (χ1v) is 7.77. The van der Waals surface area contributed by atoms with E-state index in [2.05, 4.69) is 10.1 Å². The predicted molar refractivity (Wildman–Crippen MR) is 94.3 cm³/mol. The number of carbonyl (C=O) groups excluding carboxylic acids is 3. The minimum Gasteiger partial charge on any atom is -0.508 e. The van der Waals surface area contributed by atoms with Gasteiger partial charge in [0.1, 0.15) is 5.75 Å². The van der Waals surface area contributed by atoms with E-state index in [0.29, 0.717) is 16.8 Å². The van der Waals surface area contributed by atoms with E-state index in [4.69, 9.17) is 4.74 Å². The molecule has 26 heavy (non-hydrogen) atoms. The minimum absolute atomic E-state index is 0.0286. The summed E-state index contributed by atoms with van der Waals surface area (Å²) in [5.74, 6) is -1.83. The fourth-order valence-electron chi connectivity index (χ4n) is 2.14. The maximum Gasteiger partial charge on any atom is 0.338 e. The van der Waals surface area contributed by atoms with Crippen LogP contribution in [0.5, 0.6) is 5.75 Å². The van der Waals surface area contributed by atoms with Crippen molar-refractivity contribution in [1.82, 2.24) is 0 Å². The molecule has 0 spiro atoms. The van der Waals surface area contributed by atoms with Crippen molar-refractivity contribution in [2.45, 2.75) is 13.8 Å². The molecule has 2 rings (SSSR count). The van der Waals surface area contributed by atoms with E-state index in [1.807, 2.05) is 0 Å². The maximum absolute atomic E-state index is 12.0. The first-order valence-electron chi connectivity index (χ1n) is 7.77. The van der Waals surface area contributed by atoms with Crippen molar-refractivity contribution in [3.8, 4) is 5.75 Å². The summed E-state index contributed by atoms with van der Waals surface area (Å²) in [7, 11) is 1.27. The highest BCUT2D eigenvalue weighted by Crippen LogP contribution is 2.19. The van der Waals surface area contributed by atoms with Gasteiger partial charge >= 0.3 is 11.9 Å². The van der Waals surface area contributed by atoms with Crippen molar-refractivity contribution in [2.24, 2.45) is 0 Å². The smallest absolute Gasteiger partial charge is 0.338 e. The molecule has 136 valence electrons. The van der Waals surface area contributed by atoms with Crippen LogP contribution >= 0.6 is 0 Å². The average Bonchev–Trinajstić information content (AvgIpc) is 2.63. The van der Waals surface area contributed by atoms with Crippen LogP contribution in [0.2, 0.25) is 0 Å². The van der Waals surface area contributed by atoms with Crippen LogP contribution in [0, 0.1) is 13.8 Å². The van der Waals surface area contributed by atoms with Crippen LogP contribution in [0.15, 0.2) is 36.4 Å². The molecule has 0 atom stereocenters. The number of nitrogens with one attached hydrogen (secondary N) is 1. The van der Waals surface area contributed by atoms with Crippen molar-refractivity contribution in [2.75, 3.05) is 19.0 Å². The van der Waals surface area contributed by atoms with Crippen LogP contribution in [-0.4, -0.2) is 36.7 Å². The molecule has 1 amide bonds. The van der Waals surface area contributed by atoms with Crippen molar-refractivity contribution in [3.05, 3.63) is 58.7 Å². The second kappa shape index (κ2) is 8.15. The molecule has 2 N–H and O–H groups in total. The van der Waals surface area contributed by atoms with Gasteiger partial charge in [-0.2, -0.15) is 0 Å². The van der Waals surface area contributed by atoms with Crippen molar-refractivity contribution >= 4 is 23.5 Å². The summed E-state index contributed by atoms with van der Waals surface area (Å²) < 4.78 is 9.58. The first kappa shape index (κ1) is 19.0. The number of phenolic OH excluding ortho intramolecular Hbond substituents is 1. The van der Waals surface area contributed by atoms with Gasteiger partial charge in [0.2, 0.25) is 0 Å². The number of hydrogen-bond donors (Lipinski definition) is 2. The Balaban J connectivity index is 1.99. The summed E-state index contributed by atoms with van der Waals surface area (Å²) in [5.41, 5.74) is 2.22. The average molecular weight is 357 g/mol. The quantitative estimate of drug-likeness (QED) is 0.798. The molecule has 0 aliphatic heterocycles. The molecule has 7 heteroatoms. The van der Waals surface area contributed by atoms with E-state index in [0.717, 1.165) is 5.56 Å². The predicted octanol–water partition coefficient (Wildman–Crippen LogP) is 2.59. The molecule has 0 unspecified atom stereocenters. The van der Waals surface area contributed by atoms with Crippen molar-refractivity contribution in [3.63, 3.8) is 0 Å². The van der Waals surface area contributed by atoms with Gasteiger partial charge in [-0.15, -0.1) is 0 Å². The molecule has 0 radical (unpaired) electrons. The van der Waals surface area contributed by atoms with E-state index in [1.165, 1.54) is 25.3 Å². The van der Waals surface area contributed by atoms with Crippen LogP contribution in [-0.2, 0) is 14.3 Å². The molecule has 0 aliphatic carbocycles. The summed E-state index contributed by atoms with van der Waals surface area (Å²) in [5, 5.41) is 12.2. The number of hydrogen-bond acceptors (Lipinski definition) is 6. The zero-order chi connectivity index (χ0) is 19.3. The number of esters is 2. The summed E-state index contributed by atoms with van der Waals surface area (Å²) >= 11 is 0. The van der Waals surface area contributed by atoms with Gasteiger partial charge in [-0.05, 0) is 49.2 Å². The Morgan fingerprint density at radius 1 is 0.962 bits per heavy atom. The molecule has 0 saturated heterocycles. The number of amides is 1. The van der Waals surface area contributed by atoms with Crippen LogP contribution in [0.1, 0.15) is 31.8 Å². The lowest BCUT2D eigenvalue weighted by Gasteiger charge is -2.10. The van der Waals surface area contributed by atoms with Gasteiger partial charge in [0.25, 0.3) is 5.91 Å². The monoisotopic (exact) mass is 357 g/mol. The lowest BCUT2D eigenvalue weighted by molar-refractivity contribution is -0.119. The molecule has 0 fully saturated rings. The molecule has 0 heterocycles. The van der Waals surface area contributed by atoms with Gasteiger partial charge in [0.05, 0.1) is 18.2 Å². The highest BCUT2D eigenvalue weighted by atomic mass is 16.5. The number of benzene rings is 2. The molecular formula is C19H19NO6. The Labute approximate surface area is 150 Å². The highest BCUT2D eigenvalue weighted by molar-refractivity contribution is 5.97. The number of aromatic hydroxyl groups is 1. The van der Waals surface area contributed by atoms with Crippen LogP contribution < -0.4 is 5.32 Å². The van der Waals surface area contributed by atoms with E-state index >= 15 is 0 Å². The number of aryl methyl sites for hydroxylation is 2. The number of ether oxygens (including phenoxy) is 2. The standard InChI is InChI=1S/C19H19NO6/c1-11-4-6-13(18(23)25-3)8-15(11)20-17(22)10-26-19(24)14-7-5-12(2)16(21)9-14/h4-9,21H,10H2,1-3H3,(H,20,22). The van der Waals surface area contributed by atoms with E-state index in [-0.39, 0.29) is 11.3 Å². The number of rotatable bonds is 5. The lowest BCUT2D eigenvalue weighted by atomic mass is 10.1. The number of methoxy groups -OCH3 is 1. The summed E-state index contributed by atoms with van der Waals surface area (Å²) in [6.07, 6.45) is 0. The topological polar surface area (TPSA) is 102 Å². The fraction of sp³-hybridized carbons (Fsp3) is 0.211. The molecule has 0 aliphatic rings. The third kappa shape index (κ3) is 4.60. The van der Waals surface area contributed by atoms with E-state index < -0.39 is 24.5 Å². The molecule has 0 aromatic heterocycles. The second-order valence-corrected chi connectivity index (χ2v) is 5.65. The zero-order valence-electron chi connectivity index (χ0n) is 14.7. The Hall–Kier alpha value is -3.35. The fourth-order valence-corrected chi connectivity index (χ4v) is 2.14. The zero-order valence-corrected chi connectivity index (χ0v) is 14.7. The van der Waals surface area contributed by atoms with Crippen LogP contribution in [0.4, 0.5) is 5.69 Å². The normalized spacial score (nSPS) is 10.1. The molecule has 2 aromatic rings. The van der Waals surface area contributed by atoms with Crippen molar-refractivity contribution < 1.29 is 29.0 Å². The van der Waals surface area contributed by atoms with Crippen LogP contribution in [0.25, 0.3) is 0 Å². The van der Waals surface area contributed by atoms with Gasteiger partial charge in [-0.1, -0.05) is 12.1 Å². The largest absolute Gasteiger partial charge is 0.508 e. The Kier molecular flexibility index (Phi) is 5.95. The minimum atomic E-state index is -0.726. The third-order valence-corrected chi connectivity index (χ3v) is 3.71. The van der Waals surface area contributed by atoms with Gasteiger partial charge in [0, 0.05) is 5.69 Å². The Morgan fingerprint density at radius 3 is 2.19 bits per heavy atom. The Morgan fingerprint density at radius 2 is 1.58 bits per heavy atom. The van der Waals surface area contributed by atoms with Gasteiger partial charge < -0.3 is 19.9 Å². The lowest BCUT2D eigenvalue weighted by Crippen LogP contribution is -2.21. The SMILES string of the molecule is COC(=O)c1ccc(C)c(NC(=O)COC(=O)c2ccc(C)c(O)c2)c1. The van der Waals surface area contributed by atoms with E-state index in [9.17, 15) is 19.5 Å². The molecular weight excluding hydrogens is 338 g/mol. The maximum atomic E-state index is 12.0. The summed E-state index contributed by atoms with van der Waals surface area (Å²) in [6, 6.07) is 9.09. The summed E-state index contributed by atoms with van der Waals surface area (Å²) in [4.78, 5) is 35.5. The number of anilines is 1. The van der Waals surface area contributed by atoms with Crippen LogP contribution in [0.3, 0.4) is 0 Å². The van der Waals surface area contributed by atoms with Gasteiger partial charge in [-0.3, -0.25) is 4.79 Å². The molecule has 0 saturated carbocycles. The second-order valence-electron chi connectivity index (χ2n) is 5.65. The highest BCUT2D eigenvalue weighted by Gasteiger charge is 2.14. The summed E-state index contributed by atoms with van der Waals surface area (Å²) in [6.45, 7) is 2.95. The first-order chi connectivity index (χ1) is 12.3.